The Labute approximate surface area is 127 Å². The molecule has 2 aromatic carbocycles. The normalized spacial score (nSPS) is 10.0. The fourth-order valence-corrected chi connectivity index (χ4v) is 2.04. The highest BCUT2D eigenvalue weighted by molar-refractivity contribution is 6.05. The van der Waals surface area contributed by atoms with Gasteiger partial charge in [-0.15, -0.1) is 0 Å². The van der Waals surface area contributed by atoms with Gasteiger partial charge in [-0.05, 0) is 35.9 Å². The minimum absolute atomic E-state index is 0.202. The van der Waals surface area contributed by atoms with Crippen molar-refractivity contribution in [1.82, 2.24) is 0 Å². The second-order valence-electron chi connectivity index (χ2n) is 4.65. The second-order valence-corrected chi connectivity index (χ2v) is 4.65. The number of nitrogens with zero attached hydrogens (tertiary/aromatic N) is 1. The first-order chi connectivity index (χ1) is 10.6. The van der Waals surface area contributed by atoms with E-state index in [-0.39, 0.29) is 18.9 Å². The van der Waals surface area contributed by atoms with E-state index in [4.69, 9.17) is 4.74 Å². The number of hydrogen-bond acceptors (Lipinski definition) is 4. The van der Waals surface area contributed by atoms with Crippen molar-refractivity contribution in [2.45, 2.75) is 6.42 Å². The van der Waals surface area contributed by atoms with E-state index in [9.17, 15) is 14.9 Å². The first kappa shape index (κ1) is 15.5. The molecule has 0 aromatic heterocycles. The van der Waals surface area contributed by atoms with Crippen LogP contribution >= 0.6 is 0 Å². The first-order valence-electron chi connectivity index (χ1n) is 6.75. The summed E-state index contributed by atoms with van der Waals surface area (Å²) in [7, 11) is 1.57. The van der Waals surface area contributed by atoms with Crippen molar-refractivity contribution in [2.24, 2.45) is 0 Å². The Morgan fingerprint density at radius 3 is 2.50 bits per heavy atom. The zero-order chi connectivity index (χ0) is 15.9. The molecule has 0 spiro atoms. The minimum Gasteiger partial charge on any atom is -0.497 e. The van der Waals surface area contributed by atoms with E-state index in [1.54, 1.807) is 55.6 Å². The fourth-order valence-electron chi connectivity index (χ4n) is 2.04. The molecular formula is C16H16N2O4. The van der Waals surface area contributed by atoms with E-state index < -0.39 is 4.92 Å². The molecule has 2 aromatic rings. The van der Waals surface area contributed by atoms with Crippen LogP contribution in [0, 0.1) is 10.1 Å². The van der Waals surface area contributed by atoms with Gasteiger partial charge in [-0.3, -0.25) is 14.9 Å². The number of anilines is 1. The third kappa shape index (κ3) is 4.05. The summed E-state index contributed by atoms with van der Waals surface area (Å²) in [5.74, 6) is 0.411. The summed E-state index contributed by atoms with van der Waals surface area (Å²) < 4.78 is 5.06. The maximum Gasteiger partial charge on any atom is 0.255 e. The van der Waals surface area contributed by atoms with Crippen LogP contribution in [0.1, 0.15) is 15.9 Å². The average molecular weight is 300 g/mol. The van der Waals surface area contributed by atoms with Gasteiger partial charge in [0.15, 0.2) is 0 Å². The Morgan fingerprint density at radius 1 is 1.18 bits per heavy atom. The molecule has 0 aliphatic rings. The molecule has 0 saturated carbocycles. The Kier molecular flexibility index (Phi) is 5.08. The molecule has 0 fully saturated rings. The van der Waals surface area contributed by atoms with Crippen LogP contribution in [0.3, 0.4) is 0 Å². The van der Waals surface area contributed by atoms with Crippen LogP contribution in [0.5, 0.6) is 5.75 Å². The van der Waals surface area contributed by atoms with Gasteiger partial charge < -0.3 is 10.1 Å². The molecular weight excluding hydrogens is 284 g/mol. The van der Waals surface area contributed by atoms with Gasteiger partial charge >= 0.3 is 0 Å². The van der Waals surface area contributed by atoms with Gasteiger partial charge in [0.1, 0.15) is 5.75 Å². The molecule has 22 heavy (non-hydrogen) atoms. The third-order valence-electron chi connectivity index (χ3n) is 3.17. The third-order valence-corrected chi connectivity index (χ3v) is 3.17. The summed E-state index contributed by atoms with van der Waals surface area (Å²) in [6.07, 6.45) is 0.221. The van der Waals surface area contributed by atoms with E-state index in [0.717, 1.165) is 0 Å². The highest BCUT2D eigenvalue weighted by Crippen LogP contribution is 2.17. The molecule has 0 bridgehead atoms. The standard InChI is InChI=1S/C16H16N2O4/c1-22-14-8-6-13(7-9-14)17-16(19)15-5-3-2-4-12(15)10-11-18(20)21/h2-9H,10-11H2,1H3,(H,17,19). The number of methoxy groups -OCH3 is 1. The van der Waals surface area contributed by atoms with E-state index in [1.807, 2.05) is 0 Å². The summed E-state index contributed by atoms with van der Waals surface area (Å²) >= 11 is 0. The SMILES string of the molecule is COc1ccc(NC(=O)c2ccccc2CC[N+](=O)[O-])cc1. The highest BCUT2D eigenvalue weighted by atomic mass is 16.6. The summed E-state index contributed by atoms with van der Waals surface area (Å²) in [5.41, 5.74) is 1.74. The maximum absolute atomic E-state index is 12.3. The Bertz CT molecular complexity index is 668. The minimum atomic E-state index is -0.391. The molecule has 1 amide bonds. The van der Waals surface area contributed by atoms with Crippen LogP contribution in [0.2, 0.25) is 0 Å². The van der Waals surface area contributed by atoms with Gasteiger partial charge in [-0.1, -0.05) is 18.2 Å². The second kappa shape index (κ2) is 7.21. The molecule has 0 aliphatic heterocycles. The number of ether oxygens (including phenoxy) is 1. The highest BCUT2D eigenvalue weighted by Gasteiger charge is 2.12. The monoisotopic (exact) mass is 300 g/mol. The average Bonchev–Trinajstić information content (AvgIpc) is 2.54. The molecule has 1 N–H and O–H groups in total. The van der Waals surface area contributed by atoms with Crippen molar-refractivity contribution < 1.29 is 14.5 Å². The topological polar surface area (TPSA) is 81.5 Å². The van der Waals surface area contributed by atoms with Crippen molar-refractivity contribution in [1.29, 1.82) is 0 Å². The smallest absolute Gasteiger partial charge is 0.255 e. The molecule has 114 valence electrons. The Balaban J connectivity index is 2.12. The lowest BCUT2D eigenvalue weighted by molar-refractivity contribution is -0.479. The van der Waals surface area contributed by atoms with Crippen LogP contribution in [0.25, 0.3) is 0 Å². The number of rotatable bonds is 6. The lowest BCUT2D eigenvalue weighted by Crippen LogP contribution is -2.15. The Morgan fingerprint density at radius 2 is 1.86 bits per heavy atom. The number of nitro groups is 1. The largest absolute Gasteiger partial charge is 0.497 e. The van der Waals surface area contributed by atoms with E-state index in [1.165, 1.54) is 0 Å². The van der Waals surface area contributed by atoms with Crippen molar-refractivity contribution in [3.8, 4) is 5.75 Å². The van der Waals surface area contributed by atoms with Crippen molar-refractivity contribution in [3.05, 3.63) is 69.8 Å². The molecule has 0 heterocycles. The van der Waals surface area contributed by atoms with E-state index in [0.29, 0.717) is 22.6 Å². The van der Waals surface area contributed by atoms with Gasteiger partial charge in [0.2, 0.25) is 6.54 Å². The molecule has 0 saturated heterocycles. The van der Waals surface area contributed by atoms with Gasteiger partial charge in [0.25, 0.3) is 5.91 Å². The van der Waals surface area contributed by atoms with Gasteiger partial charge in [0, 0.05) is 22.6 Å². The predicted octanol–water partition coefficient (Wildman–Crippen LogP) is 2.77. The van der Waals surface area contributed by atoms with Crippen LogP contribution in [0.4, 0.5) is 5.69 Å². The zero-order valence-electron chi connectivity index (χ0n) is 12.1. The van der Waals surface area contributed by atoms with Crippen LogP contribution in [0.15, 0.2) is 48.5 Å². The molecule has 0 atom stereocenters. The lowest BCUT2D eigenvalue weighted by atomic mass is 10.0. The molecule has 6 nitrogen and oxygen atoms in total. The molecule has 6 heteroatoms. The lowest BCUT2D eigenvalue weighted by Gasteiger charge is -2.09. The van der Waals surface area contributed by atoms with Crippen LogP contribution in [-0.2, 0) is 6.42 Å². The maximum atomic E-state index is 12.3. The summed E-state index contributed by atoms with van der Waals surface area (Å²) in [6, 6.07) is 13.8. The summed E-state index contributed by atoms with van der Waals surface area (Å²) in [4.78, 5) is 22.4. The van der Waals surface area contributed by atoms with E-state index >= 15 is 0 Å². The van der Waals surface area contributed by atoms with Crippen LogP contribution in [-0.4, -0.2) is 24.5 Å². The first-order valence-corrected chi connectivity index (χ1v) is 6.75. The fraction of sp³-hybridized carbons (Fsp3) is 0.188. The van der Waals surface area contributed by atoms with E-state index in [2.05, 4.69) is 5.32 Å². The van der Waals surface area contributed by atoms with Gasteiger partial charge in [-0.2, -0.15) is 0 Å². The molecule has 0 aliphatic carbocycles. The summed E-state index contributed by atoms with van der Waals surface area (Å²) in [5, 5.41) is 13.3. The van der Waals surface area contributed by atoms with Crippen molar-refractivity contribution >= 4 is 11.6 Å². The predicted molar refractivity (Wildman–Crippen MR) is 83.0 cm³/mol. The van der Waals surface area contributed by atoms with Crippen molar-refractivity contribution in [3.63, 3.8) is 0 Å². The summed E-state index contributed by atoms with van der Waals surface area (Å²) in [6.45, 7) is -0.202. The molecule has 2 rings (SSSR count). The number of nitrogens with one attached hydrogen (secondary N) is 1. The number of amides is 1. The van der Waals surface area contributed by atoms with Crippen molar-refractivity contribution in [2.75, 3.05) is 19.0 Å². The molecule has 0 radical (unpaired) electrons. The quantitative estimate of drug-likeness (QED) is 0.657. The number of carbonyl (C=O) groups is 1. The molecule has 0 unspecified atom stereocenters. The van der Waals surface area contributed by atoms with Gasteiger partial charge in [-0.25, -0.2) is 0 Å². The van der Waals surface area contributed by atoms with Gasteiger partial charge in [0.05, 0.1) is 7.11 Å². The van der Waals surface area contributed by atoms with Crippen LogP contribution < -0.4 is 10.1 Å². The number of carbonyl (C=O) groups excluding carboxylic acids is 1. The zero-order valence-corrected chi connectivity index (χ0v) is 12.1. The number of benzene rings is 2. The number of hydrogen-bond donors (Lipinski definition) is 1. The Hall–Kier alpha value is -2.89.